The maximum atomic E-state index is 13.7. The summed E-state index contributed by atoms with van der Waals surface area (Å²) in [6.07, 6.45) is 0. The van der Waals surface area contributed by atoms with Crippen LogP contribution in [0.2, 0.25) is 0 Å². The average Bonchev–Trinajstić information content (AvgIpc) is 2.54. The van der Waals surface area contributed by atoms with E-state index in [0.29, 0.717) is 24.7 Å². The second-order valence-electron chi connectivity index (χ2n) is 4.76. The van der Waals surface area contributed by atoms with Gasteiger partial charge in [0.15, 0.2) is 23.1 Å². The summed E-state index contributed by atoms with van der Waals surface area (Å²) in [6.45, 7) is 0.774. The van der Waals surface area contributed by atoms with Gasteiger partial charge in [-0.2, -0.15) is 0 Å². The SMILES string of the molecule is COc1ccc(NS(=O)(=O)c2ccc3c(c2)OCCO3)cc1F. The number of ether oxygens (including phenoxy) is 3. The molecule has 0 unspecified atom stereocenters. The fourth-order valence-electron chi connectivity index (χ4n) is 2.13. The van der Waals surface area contributed by atoms with Crippen LogP contribution in [0, 0.1) is 5.82 Å². The first kappa shape index (κ1) is 15.4. The molecule has 0 spiro atoms. The van der Waals surface area contributed by atoms with Gasteiger partial charge in [-0.3, -0.25) is 4.72 Å². The van der Waals surface area contributed by atoms with Crippen molar-refractivity contribution in [3.63, 3.8) is 0 Å². The van der Waals surface area contributed by atoms with Crippen LogP contribution in [0.5, 0.6) is 17.2 Å². The number of benzene rings is 2. The van der Waals surface area contributed by atoms with Crippen LogP contribution in [0.4, 0.5) is 10.1 Å². The Morgan fingerprint density at radius 1 is 1.09 bits per heavy atom. The quantitative estimate of drug-likeness (QED) is 0.926. The molecule has 0 aliphatic carbocycles. The highest BCUT2D eigenvalue weighted by molar-refractivity contribution is 7.92. The van der Waals surface area contributed by atoms with E-state index in [0.717, 1.165) is 6.07 Å². The second kappa shape index (κ2) is 5.96. The van der Waals surface area contributed by atoms with Crippen LogP contribution in [0.25, 0.3) is 0 Å². The fraction of sp³-hybridized carbons (Fsp3) is 0.200. The molecule has 23 heavy (non-hydrogen) atoms. The maximum Gasteiger partial charge on any atom is 0.262 e. The van der Waals surface area contributed by atoms with Crippen LogP contribution >= 0.6 is 0 Å². The molecular weight excluding hydrogens is 325 g/mol. The van der Waals surface area contributed by atoms with Gasteiger partial charge in [-0.05, 0) is 24.3 Å². The largest absolute Gasteiger partial charge is 0.494 e. The summed E-state index contributed by atoms with van der Waals surface area (Å²) < 4.78 is 56.3. The lowest BCUT2D eigenvalue weighted by atomic mass is 10.3. The van der Waals surface area contributed by atoms with Crippen LogP contribution in [0.15, 0.2) is 41.3 Å². The Morgan fingerprint density at radius 2 is 1.83 bits per heavy atom. The lowest BCUT2D eigenvalue weighted by molar-refractivity contribution is 0.171. The molecule has 1 aliphatic rings. The van der Waals surface area contributed by atoms with Crippen LogP contribution in [-0.4, -0.2) is 28.7 Å². The highest BCUT2D eigenvalue weighted by Gasteiger charge is 2.20. The minimum atomic E-state index is -3.88. The predicted octanol–water partition coefficient (Wildman–Crippen LogP) is 2.41. The Hall–Kier alpha value is -2.48. The summed E-state index contributed by atoms with van der Waals surface area (Å²) >= 11 is 0. The van der Waals surface area contributed by atoms with Crippen LogP contribution in [0.3, 0.4) is 0 Å². The molecule has 0 radical (unpaired) electrons. The number of fused-ring (bicyclic) bond motifs is 1. The maximum absolute atomic E-state index is 13.7. The molecule has 0 bridgehead atoms. The first-order valence-corrected chi connectivity index (χ1v) is 8.24. The number of halogens is 1. The summed E-state index contributed by atoms with van der Waals surface area (Å²) in [5, 5.41) is 0. The van der Waals surface area contributed by atoms with E-state index < -0.39 is 15.8 Å². The molecule has 0 saturated heterocycles. The van der Waals surface area contributed by atoms with Crippen molar-refractivity contribution in [2.75, 3.05) is 25.0 Å². The number of hydrogen-bond donors (Lipinski definition) is 1. The van der Waals surface area contributed by atoms with Gasteiger partial charge in [-0.1, -0.05) is 0 Å². The zero-order valence-corrected chi connectivity index (χ0v) is 13.0. The van der Waals surface area contributed by atoms with E-state index >= 15 is 0 Å². The van der Waals surface area contributed by atoms with Gasteiger partial charge in [0.05, 0.1) is 17.7 Å². The topological polar surface area (TPSA) is 73.9 Å². The van der Waals surface area contributed by atoms with Crippen molar-refractivity contribution in [2.24, 2.45) is 0 Å². The second-order valence-corrected chi connectivity index (χ2v) is 6.44. The van der Waals surface area contributed by atoms with Crippen molar-refractivity contribution in [3.8, 4) is 17.2 Å². The Morgan fingerprint density at radius 3 is 2.52 bits per heavy atom. The van der Waals surface area contributed by atoms with Gasteiger partial charge in [0.1, 0.15) is 13.2 Å². The molecule has 8 heteroatoms. The molecule has 0 atom stereocenters. The smallest absolute Gasteiger partial charge is 0.262 e. The monoisotopic (exact) mass is 339 g/mol. The molecule has 0 aromatic heterocycles. The first-order chi connectivity index (χ1) is 11.0. The van der Waals surface area contributed by atoms with Crippen molar-refractivity contribution in [1.29, 1.82) is 0 Å². The minimum Gasteiger partial charge on any atom is -0.494 e. The summed E-state index contributed by atoms with van der Waals surface area (Å²) in [6, 6.07) is 8.10. The Kier molecular flexibility index (Phi) is 3.99. The predicted molar refractivity (Wildman–Crippen MR) is 81.2 cm³/mol. The molecular formula is C15H14FNO5S. The number of anilines is 1. The van der Waals surface area contributed by atoms with Gasteiger partial charge < -0.3 is 14.2 Å². The van der Waals surface area contributed by atoms with Crippen molar-refractivity contribution in [2.45, 2.75) is 4.90 Å². The molecule has 0 amide bonds. The van der Waals surface area contributed by atoms with Gasteiger partial charge in [-0.25, -0.2) is 12.8 Å². The number of methoxy groups -OCH3 is 1. The van der Waals surface area contributed by atoms with Gasteiger partial charge in [0.2, 0.25) is 0 Å². The Balaban J connectivity index is 1.88. The van der Waals surface area contributed by atoms with E-state index in [4.69, 9.17) is 14.2 Å². The molecule has 0 fully saturated rings. The van der Waals surface area contributed by atoms with Gasteiger partial charge in [0.25, 0.3) is 10.0 Å². The normalized spacial score (nSPS) is 13.5. The van der Waals surface area contributed by atoms with Crippen LogP contribution < -0.4 is 18.9 Å². The summed E-state index contributed by atoms with van der Waals surface area (Å²) in [5.41, 5.74) is 0.0955. The number of rotatable bonds is 4. The van der Waals surface area contributed by atoms with E-state index in [2.05, 4.69) is 4.72 Å². The lowest BCUT2D eigenvalue weighted by Gasteiger charge is -2.19. The third-order valence-electron chi connectivity index (χ3n) is 3.23. The van der Waals surface area contributed by atoms with E-state index in [-0.39, 0.29) is 16.3 Å². The molecule has 2 aromatic carbocycles. The first-order valence-electron chi connectivity index (χ1n) is 6.75. The molecule has 1 aliphatic heterocycles. The lowest BCUT2D eigenvalue weighted by Crippen LogP contribution is -2.17. The molecule has 122 valence electrons. The van der Waals surface area contributed by atoms with Gasteiger partial charge in [-0.15, -0.1) is 0 Å². The Labute approximate surface area is 132 Å². The third kappa shape index (κ3) is 3.16. The zero-order valence-electron chi connectivity index (χ0n) is 12.2. The molecule has 1 heterocycles. The Bertz CT molecular complexity index is 838. The zero-order chi connectivity index (χ0) is 16.4. The number of hydrogen-bond acceptors (Lipinski definition) is 5. The number of sulfonamides is 1. The number of nitrogens with one attached hydrogen (secondary N) is 1. The molecule has 2 aromatic rings. The summed E-state index contributed by atoms with van der Waals surface area (Å²) in [4.78, 5) is -0.00187. The molecule has 1 N–H and O–H groups in total. The molecule has 3 rings (SSSR count). The van der Waals surface area contributed by atoms with E-state index in [1.807, 2.05) is 0 Å². The minimum absolute atomic E-state index is 0.00187. The van der Waals surface area contributed by atoms with Crippen molar-refractivity contribution in [3.05, 3.63) is 42.2 Å². The summed E-state index contributed by atoms with van der Waals surface area (Å²) in [7, 11) is -2.55. The summed E-state index contributed by atoms with van der Waals surface area (Å²) in [5.74, 6) is 0.230. The highest BCUT2D eigenvalue weighted by Crippen LogP contribution is 2.33. The molecule has 6 nitrogen and oxygen atoms in total. The van der Waals surface area contributed by atoms with Gasteiger partial charge >= 0.3 is 0 Å². The standard InChI is InChI=1S/C15H14FNO5S/c1-20-13-4-2-10(8-12(13)16)17-23(18,19)11-3-5-14-15(9-11)22-7-6-21-14/h2-5,8-9,17H,6-7H2,1H3. The highest BCUT2D eigenvalue weighted by atomic mass is 32.2. The van der Waals surface area contributed by atoms with Crippen LogP contribution in [0.1, 0.15) is 0 Å². The van der Waals surface area contributed by atoms with Crippen LogP contribution in [-0.2, 0) is 10.0 Å². The van der Waals surface area contributed by atoms with Crippen molar-refractivity contribution >= 4 is 15.7 Å². The van der Waals surface area contributed by atoms with Crippen molar-refractivity contribution < 1.29 is 27.0 Å². The third-order valence-corrected chi connectivity index (χ3v) is 4.61. The van der Waals surface area contributed by atoms with Crippen molar-refractivity contribution in [1.82, 2.24) is 0 Å². The average molecular weight is 339 g/mol. The molecule has 0 saturated carbocycles. The fourth-order valence-corrected chi connectivity index (χ4v) is 3.20. The van der Waals surface area contributed by atoms with Gasteiger partial charge in [0, 0.05) is 12.1 Å². The van der Waals surface area contributed by atoms with E-state index in [1.165, 1.54) is 37.4 Å². The van der Waals surface area contributed by atoms with E-state index in [1.54, 1.807) is 0 Å². The van der Waals surface area contributed by atoms with E-state index in [9.17, 15) is 12.8 Å².